The molecule has 0 aliphatic heterocycles. The Kier molecular flexibility index (Phi) is 3.74. The van der Waals surface area contributed by atoms with Crippen molar-refractivity contribution in [1.29, 1.82) is 0 Å². The molecule has 2 aromatic rings. The van der Waals surface area contributed by atoms with E-state index in [1.54, 1.807) is 6.20 Å². The molecule has 1 N–H and O–H groups in total. The van der Waals surface area contributed by atoms with Crippen LogP contribution in [0.3, 0.4) is 0 Å². The lowest BCUT2D eigenvalue weighted by molar-refractivity contribution is -0.137. The largest absolute Gasteiger partial charge is 0.416 e. The highest BCUT2D eigenvalue weighted by Gasteiger charge is 2.29. The van der Waals surface area contributed by atoms with Crippen LogP contribution in [0.25, 0.3) is 0 Å². The lowest BCUT2D eigenvalue weighted by Crippen LogP contribution is -2.06. The summed E-state index contributed by atoms with van der Waals surface area (Å²) in [4.78, 5) is 4.16. The number of pyridine rings is 1. The topological polar surface area (TPSA) is 24.9 Å². The zero-order chi connectivity index (χ0) is 13.9. The smallest absolute Gasteiger partial charge is 0.366 e. The Bertz CT molecular complexity index is 530. The first-order valence-electron chi connectivity index (χ1n) is 5.78. The Morgan fingerprint density at radius 1 is 1.05 bits per heavy atom. The lowest BCUT2D eigenvalue weighted by Gasteiger charge is -2.09. The predicted octanol–water partition coefficient (Wildman–Crippen LogP) is 4.02. The van der Waals surface area contributed by atoms with E-state index >= 15 is 0 Å². The normalized spacial score (nSPS) is 11.4. The molecule has 0 aliphatic carbocycles. The summed E-state index contributed by atoms with van der Waals surface area (Å²) in [6.45, 7) is 2.38. The van der Waals surface area contributed by atoms with Gasteiger partial charge < -0.3 is 5.32 Å². The monoisotopic (exact) mass is 266 g/mol. The van der Waals surface area contributed by atoms with Crippen LogP contribution < -0.4 is 5.32 Å². The van der Waals surface area contributed by atoms with Gasteiger partial charge in [0.15, 0.2) is 0 Å². The first-order valence-corrected chi connectivity index (χ1v) is 5.78. The molecule has 0 spiro atoms. The Morgan fingerprint density at radius 3 is 2.26 bits per heavy atom. The van der Waals surface area contributed by atoms with E-state index in [0.29, 0.717) is 12.4 Å². The highest BCUT2D eigenvalue weighted by molar-refractivity contribution is 5.37. The van der Waals surface area contributed by atoms with Gasteiger partial charge in [-0.15, -0.1) is 0 Å². The third-order valence-electron chi connectivity index (χ3n) is 2.67. The summed E-state index contributed by atoms with van der Waals surface area (Å²) in [5.74, 6) is 0.700. The van der Waals surface area contributed by atoms with Crippen LogP contribution in [0.15, 0.2) is 42.6 Å². The van der Waals surface area contributed by atoms with Gasteiger partial charge >= 0.3 is 6.18 Å². The zero-order valence-corrected chi connectivity index (χ0v) is 10.3. The standard InChI is InChI=1S/C14H13F3N2/c1-10-2-7-13(18-8-10)19-9-11-3-5-12(6-4-11)14(15,16)17/h2-8H,9H2,1H3,(H,18,19). The van der Waals surface area contributed by atoms with E-state index in [4.69, 9.17) is 0 Å². The van der Waals surface area contributed by atoms with Gasteiger partial charge in [-0.2, -0.15) is 13.2 Å². The van der Waals surface area contributed by atoms with Crippen LogP contribution in [0.4, 0.5) is 19.0 Å². The van der Waals surface area contributed by atoms with Gasteiger partial charge in [0.1, 0.15) is 5.82 Å². The Hall–Kier alpha value is -2.04. The van der Waals surface area contributed by atoms with E-state index in [1.165, 1.54) is 12.1 Å². The highest BCUT2D eigenvalue weighted by atomic mass is 19.4. The molecule has 0 aliphatic rings. The number of aromatic nitrogens is 1. The fraction of sp³-hybridized carbons (Fsp3) is 0.214. The number of alkyl halides is 3. The van der Waals surface area contributed by atoms with Crippen LogP contribution >= 0.6 is 0 Å². The number of benzene rings is 1. The van der Waals surface area contributed by atoms with Crippen molar-refractivity contribution < 1.29 is 13.2 Å². The van der Waals surface area contributed by atoms with Crippen molar-refractivity contribution in [3.8, 4) is 0 Å². The van der Waals surface area contributed by atoms with Gasteiger partial charge in [-0.3, -0.25) is 0 Å². The molecule has 2 rings (SSSR count). The van der Waals surface area contributed by atoms with E-state index in [1.807, 2.05) is 19.1 Å². The molecule has 0 amide bonds. The van der Waals surface area contributed by atoms with Gasteiger partial charge in [0.2, 0.25) is 0 Å². The Balaban J connectivity index is 1.98. The maximum Gasteiger partial charge on any atom is 0.416 e. The summed E-state index contributed by atoms with van der Waals surface area (Å²) in [5.41, 5.74) is 1.19. The maximum atomic E-state index is 12.4. The van der Waals surface area contributed by atoms with Crippen molar-refractivity contribution in [2.75, 3.05) is 5.32 Å². The molecule has 0 unspecified atom stereocenters. The molecule has 0 atom stereocenters. The Labute approximate surface area is 109 Å². The molecule has 1 aromatic carbocycles. The second-order valence-corrected chi connectivity index (χ2v) is 4.27. The first-order chi connectivity index (χ1) is 8.95. The number of hydrogen-bond donors (Lipinski definition) is 1. The second kappa shape index (κ2) is 5.30. The molecular weight excluding hydrogens is 253 g/mol. The van der Waals surface area contributed by atoms with Gasteiger partial charge in [-0.05, 0) is 36.2 Å². The third kappa shape index (κ3) is 3.71. The first kappa shape index (κ1) is 13.4. The lowest BCUT2D eigenvalue weighted by atomic mass is 10.1. The molecule has 5 heteroatoms. The number of nitrogens with one attached hydrogen (secondary N) is 1. The van der Waals surface area contributed by atoms with Gasteiger partial charge in [0.05, 0.1) is 5.56 Å². The number of anilines is 1. The van der Waals surface area contributed by atoms with Crippen molar-refractivity contribution in [1.82, 2.24) is 4.98 Å². The van der Waals surface area contributed by atoms with E-state index in [2.05, 4.69) is 10.3 Å². The Morgan fingerprint density at radius 2 is 1.74 bits per heavy atom. The highest BCUT2D eigenvalue weighted by Crippen LogP contribution is 2.29. The number of aryl methyl sites for hydroxylation is 1. The van der Waals surface area contributed by atoms with E-state index in [0.717, 1.165) is 23.3 Å². The number of halogens is 3. The van der Waals surface area contributed by atoms with Gasteiger partial charge in [0.25, 0.3) is 0 Å². The fourth-order valence-corrected chi connectivity index (χ4v) is 1.58. The average Bonchev–Trinajstić information content (AvgIpc) is 2.37. The fourth-order valence-electron chi connectivity index (χ4n) is 1.58. The molecule has 2 nitrogen and oxygen atoms in total. The molecule has 0 saturated heterocycles. The molecule has 0 saturated carbocycles. The molecule has 1 aromatic heterocycles. The summed E-state index contributed by atoms with van der Waals surface area (Å²) in [6, 6.07) is 8.84. The van der Waals surface area contributed by atoms with Crippen molar-refractivity contribution in [3.05, 3.63) is 59.3 Å². The average molecular weight is 266 g/mol. The SMILES string of the molecule is Cc1ccc(NCc2ccc(C(F)(F)F)cc2)nc1. The van der Waals surface area contributed by atoms with E-state index < -0.39 is 11.7 Å². The van der Waals surface area contributed by atoms with Crippen LogP contribution in [0, 0.1) is 6.92 Å². The molecule has 0 bridgehead atoms. The van der Waals surface area contributed by atoms with Crippen LogP contribution in [-0.4, -0.2) is 4.98 Å². The minimum atomic E-state index is -4.29. The summed E-state index contributed by atoms with van der Waals surface area (Å²) in [5, 5.41) is 3.05. The number of hydrogen-bond acceptors (Lipinski definition) is 2. The number of nitrogens with zero attached hydrogens (tertiary/aromatic N) is 1. The molecule has 100 valence electrons. The maximum absolute atomic E-state index is 12.4. The van der Waals surface area contributed by atoms with Crippen molar-refractivity contribution in [2.45, 2.75) is 19.6 Å². The number of rotatable bonds is 3. The summed E-state index contributed by atoms with van der Waals surface area (Å²) >= 11 is 0. The van der Waals surface area contributed by atoms with Crippen LogP contribution in [0.5, 0.6) is 0 Å². The van der Waals surface area contributed by atoms with Crippen LogP contribution in [0.1, 0.15) is 16.7 Å². The van der Waals surface area contributed by atoms with Crippen LogP contribution in [-0.2, 0) is 12.7 Å². The molecular formula is C14H13F3N2. The van der Waals surface area contributed by atoms with Gasteiger partial charge in [-0.1, -0.05) is 18.2 Å². The molecule has 1 heterocycles. The molecule has 0 radical (unpaired) electrons. The van der Waals surface area contributed by atoms with Gasteiger partial charge in [0, 0.05) is 12.7 Å². The van der Waals surface area contributed by atoms with Gasteiger partial charge in [-0.25, -0.2) is 4.98 Å². The van der Waals surface area contributed by atoms with Crippen molar-refractivity contribution >= 4 is 5.82 Å². The summed E-state index contributed by atoms with van der Waals surface area (Å²) in [6.07, 6.45) is -2.56. The quantitative estimate of drug-likeness (QED) is 0.907. The minimum Gasteiger partial charge on any atom is -0.366 e. The molecule has 0 fully saturated rings. The van der Waals surface area contributed by atoms with Crippen molar-refractivity contribution in [3.63, 3.8) is 0 Å². The van der Waals surface area contributed by atoms with Crippen molar-refractivity contribution in [2.24, 2.45) is 0 Å². The third-order valence-corrected chi connectivity index (χ3v) is 2.67. The van der Waals surface area contributed by atoms with Crippen LogP contribution in [0.2, 0.25) is 0 Å². The summed E-state index contributed by atoms with van der Waals surface area (Å²) in [7, 11) is 0. The predicted molar refractivity (Wildman–Crippen MR) is 67.7 cm³/mol. The summed E-state index contributed by atoms with van der Waals surface area (Å²) < 4.78 is 37.1. The minimum absolute atomic E-state index is 0.439. The zero-order valence-electron chi connectivity index (χ0n) is 10.3. The van der Waals surface area contributed by atoms with E-state index in [-0.39, 0.29) is 0 Å². The van der Waals surface area contributed by atoms with E-state index in [9.17, 15) is 13.2 Å². The molecule has 19 heavy (non-hydrogen) atoms. The second-order valence-electron chi connectivity index (χ2n) is 4.27.